The van der Waals surface area contributed by atoms with Gasteiger partial charge in [-0.1, -0.05) is 12.1 Å². The summed E-state index contributed by atoms with van der Waals surface area (Å²) in [5, 5.41) is 12.2. The maximum atomic E-state index is 9.10. The molecule has 0 bridgehead atoms. The number of aliphatic hydroxyl groups excluding tert-OH is 1. The van der Waals surface area contributed by atoms with E-state index in [2.05, 4.69) is 31.2 Å². The molecule has 0 amide bonds. The van der Waals surface area contributed by atoms with Crippen LogP contribution >= 0.6 is 15.9 Å². The van der Waals surface area contributed by atoms with Gasteiger partial charge in [-0.3, -0.25) is 0 Å². The number of hydrogen-bond acceptors (Lipinski definition) is 5. The standard InChI is InChI=1S/C13H14BrN3O2/c1-2-15-12-11(14)13(17-8-16-12)19-10-5-3-4-9(6-10)7-18/h3-6,8,18H,2,7H2,1H3,(H,15,16,17). The first-order chi connectivity index (χ1) is 9.24. The van der Waals surface area contributed by atoms with Gasteiger partial charge in [-0.15, -0.1) is 0 Å². The molecule has 1 aromatic heterocycles. The minimum Gasteiger partial charge on any atom is -0.438 e. The molecule has 1 aromatic carbocycles. The Bertz CT molecular complexity index is 563. The van der Waals surface area contributed by atoms with Crippen LogP contribution in [0, 0.1) is 0 Å². The topological polar surface area (TPSA) is 67.3 Å². The van der Waals surface area contributed by atoms with Gasteiger partial charge >= 0.3 is 0 Å². The highest BCUT2D eigenvalue weighted by Gasteiger charge is 2.10. The van der Waals surface area contributed by atoms with Crippen LogP contribution in [0.1, 0.15) is 12.5 Å². The summed E-state index contributed by atoms with van der Waals surface area (Å²) in [7, 11) is 0. The van der Waals surface area contributed by atoms with Gasteiger partial charge in [0.15, 0.2) is 0 Å². The number of nitrogens with one attached hydrogen (secondary N) is 1. The number of ether oxygens (including phenoxy) is 1. The van der Waals surface area contributed by atoms with Crippen molar-refractivity contribution in [3.05, 3.63) is 40.6 Å². The molecule has 0 aliphatic heterocycles. The summed E-state index contributed by atoms with van der Waals surface area (Å²) < 4.78 is 6.36. The predicted octanol–water partition coefficient (Wildman–Crippen LogP) is 2.96. The number of halogens is 1. The van der Waals surface area contributed by atoms with Crippen molar-refractivity contribution < 1.29 is 9.84 Å². The van der Waals surface area contributed by atoms with Crippen LogP contribution in [0.15, 0.2) is 35.1 Å². The number of anilines is 1. The van der Waals surface area contributed by atoms with Crippen LogP contribution in [-0.4, -0.2) is 21.6 Å². The van der Waals surface area contributed by atoms with E-state index in [4.69, 9.17) is 9.84 Å². The average molecular weight is 324 g/mol. The van der Waals surface area contributed by atoms with Crippen molar-refractivity contribution in [1.29, 1.82) is 0 Å². The number of hydrogen-bond donors (Lipinski definition) is 2. The molecule has 0 radical (unpaired) electrons. The molecule has 19 heavy (non-hydrogen) atoms. The third-order valence-corrected chi connectivity index (χ3v) is 3.11. The Hall–Kier alpha value is -1.66. The van der Waals surface area contributed by atoms with Gasteiger partial charge in [0.05, 0.1) is 6.61 Å². The Morgan fingerprint density at radius 1 is 1.37 bits per heavy atom. The minimum atomic E-state index is -0.0230. The molecule has 0 atom stereocenters. The Kier molecular flexibility index (Phi) is 4.70. The van der Waals surface area contributed by atoms with E-state index in [-0.39, 0.29) is 6.61 Å². The van der Waals surface area contributed by atoms with Crippen molar-refractivity contribution in [1.82, 2.24) is 9.97 Å². The Balaban J connectivity index is 2.25. The second-order valence-corrected chi connectivity index (χ2v) is 4.57. The molecular formula is C13H14BrN3O2. The lowest BCUT2D eigenvalue weighted by Crippen LogP contribution is -2.02. The predicted molar refractivity (Wildman–Crippen MR) is 76.3 cm³/mol. The van der Waals surface area contributed by atoms with Gasteiger partial charge in [0.25, 0.3) is 0 Å². The van der Waals surface area contributed by atoms with Crippen molar-refractivity contribution >= 4 is 21.7 Å². The van der Waals surface area contributed by atoms with E-state index in [1.54, 1.807) is 12.1 Å². The van der Waals surface area contributed by atoms with E-state index >= 15 is 0 Å². The van der Waals surface area contributed by atoms with Gasteiger partial charge in [-0.05, 0) is 40.5 Å². The van der Waals surface area contributed by atoms with Crippen LogP contribution < -0.4 is 10.1 Å². The third-order valence-electron chi connectivity index (χ3n) is 2.40. The summed E-state index contributed by atoms with van der Waals surface area (Å²) in [4.78, 5) is 8.20. The van der Waals surface area contributed by atoms with E-state index < -0.39 is 0 Å². The Morgan fingerprint density at radius 3 is 2.95 bits per heavy atom. The highest BCUT2D eigenvalue weighted by molar-refractivity contribution is 9.10. The molecule has 0 unspecified atom stereocenters. The number of nitrogens with zero attached hydrogens (tertiary/aromatic N) is 2. The summed E-state index contributed by atoms with van der Waals surface area (Å²) in [6.45, 7) is 2.72. The minimum absolute atomic E-state index is 0.0230. The van der Waals surface area contributed by atoms with Gasteiger partial charge < -0.3 is 15.2 Å². The molecular weight excluding hydrogens is 310 g/mol. The quantitative estimate of drug-likeness (QED) is 0.885. The van der Waals surface area contributed by atoms with Crippen molar-refractivity contribution in [2.45, 2.75) is 13.5 Å². The average Bonchev–Trinajstić information content (AvgIpc) is 2.44. The molecule has 100 valence electrons. The fourth-order valence-corrected chi connectivity index (χ4v) is 1.96. The first-order valence-electron chi connectivity index (χ1n) is 5.86. The molecule has 0 saturated heterocycles. The lowest BCUT2D eigenvalue weighted by atomic mass is 10.2. The number of rotatable bonds is 5. The van der Waals surface area contributed by atoms with Gasteiger partial charge in [0.2, 0.25) is 5.88 Å². The zero-order valence-corrected chi connectivity index (χ0v) is 12.0. The normalized spacial score (nSPS) is 10.3. The molecule has 0 aliphatic carbocycles. The SMILES string of the molecule is CCNc1ncnc(Oc2cccc(CO)c2)c1Br. The third kappa shape index (κ3) is 3.42. The highest BCUT2D eigenvalue weighted by atomic mass is 79.9. The van der Waals surface area contributed by atoms with Crippen LogP contribution in [0.4, 0.5) is 5.82 Å². The van der Waals surface area contributed by atoms with Crippen LogP contribution in [0.5, 0.6) is 11.6 Å². The molecule has 2 rings (SSSR count). The first kappa shape index (κ1) is 13.8. The molecule has 6 heteroatoms. The summed E-state index contributed by atoms with van der Waals surface area (Å²) in [5.74, 6) is 1.74. The Labute approximate surface area is 119 Å². The fraction of sp³-hybridized carbons (Fsp3) is 0.231. The molecule has 5 nitrogen and oxygen atoms in total. The smallest absolute Gasteiger partial charge is 0.238 e. The van der Waals surface area contributed by atoms with E-state index in [1.165, 1.54) is 6.33 Å². The molecule has 2 aromatic rings. The van der Waals surface area contributed by atoms with E-state index in [0.29, 0.717) is 21.9 Å². The largest absolute Gasteiger partial charge is 0.438 e. The molecule has 0 saturated carbocycles. The van der Waals surface area contributed by atoms with Gasteiger partial charge in [-0.2, -0.15) is 0 Å². The zero-order valence-electron chi connectivity index (χ0n) is 10.4. The van der Waals surface area contributed by atoms with E-state index in [9.17, 15) is 0 Å². The van der Waals surface area contributed by atoms with Crippen LogP contribution in [-0.2, 0) is 6.61 Å². The van der Waals surface area contributed by atoms with Crippen LogP contribution in [0.3, 0.4) is 0 Å². The number of aliphatic hydroxyl groups is 1. The van der Waals surface area contributed by atoms with Crippen molar-refractivity contribution in [3.63, 3.8) is 0 Å². The van der Waals surface area contributed by atoms with Crippen LogP contribution in [0.2, 0.25) is 0 Å². The lowest BCUT2D eigenvalue weighted by molar-refractivity contribution is 0.281. The molecule has 0 aliphatic rings. The monoisotopic (exact) mass is 323 g/mol. The van der Waals surface area contributed by atoms with E-state index in [0.717, 1.165) is 12.1 Å². The summed E-state index contributed by atoms with van der Waals surface area (Å²) in [6, 6.07) is 7.22. The van der Waals surface area contributed by atoms with Crippen molar-refractivity contribution in [3.8, 4) is 11.6 Å². The number of benzene rings is 1. The Morgan fingerprint density at radius 2 is 2.21 bits per heavy atom. The van der Waals surface area contributed by atoms with Gasteiger partial charge in [-0.25, -0.2) is 9.97 Å². The first-order valence-corrected chi connectivity index (χ1v) is 6.66. The highest BCUT2D eigenvalue weighted by Crippen LogP contribution is 2.31. The second-order valence-electron chi connectivity index (χ2n) is 3.78. The molecule has 2 N–H and O–H groups in total. The molecule has 0 fully saturated rings. The maximum absolute atomic E-state index is 9.10. The van der Waals surface area contributed by atoms with Crippen LogP contribution in [0.25, 0.3) is 0 Å². The summed E-state index contributed by atoms with van der Waals surface area (Å²) in [5.41, 5.74) is 0.787. The van der Waals surface area contributed by atoms with Crippen molar-refractivity contribution in [2.24, 2.45) is 0 Å². The fourth-order valence-electron chi connectivity index (χ4n) is 1.53. The molecule has 0 spiro atoms. The summed E-state index contributed by atoms with van der Waals surface area (Å²) >= 11 is 3.41. The van der Waals surface area contributed by atoms with Gasteiger partial charge in [0, 0.05) is 6.54 Å². The van der Waals surface area contributed by atoms with Crippen molar-refractivity contribution in [2.75, 3.05) is 11.9 Å². The maximum Gasteiger partial charge on any atom is 0.238 e. The second kappa shape index (κ2) is 6.49. The number of aromatic nitrogens is 2. The molecule has 1 heterocycles. The zero-order chi connectivity index (χ0) is 13.7. The van der Waals surface area contributed by atoms with Gasteiger partial charge in [0.1, 0.15) is 22.4 Å². The summed E-state index contributed by atoms with van der Waals surface area (Å²) in [6.07, 6.45) is 1.44. The lowest BCUT2D eigenvalue weighted by Gasteiger charge is -2.10. The van der Waals surface area contributed by atoms with E-state index in [1.807, 2.05) is 19.1 Å².